The Bertz CT molecular complexity index is 526. The van der Waals surface area contributed by atoms with Crippen LogP contribution in [0.4, 0.5) is 8.78 Å². The van der Waals surface area contributed by atoms with Crippen molar-refractivity contribution in [3.05, 3.63) is 71.3 Å². The molecule has 0 amide bonds. The molecule has 1 N–H and O–H groups in total. The number of hydrogen-bond acceptors (Lipinski definition) is 1. The zero-order chi connectivity index (χ0) is 13.7. The van der Waals surface area contributed by atoms with Crippen LogP contribution in [-0.2, 0) is 6.42 Å². The molecule has 0 aliphatic heterocycles. The maximum absolute atomic E-state index is 13.7. The molecule has 0 spiro atoms. The van der Waals surface area contributed by atoms with Crippen molar-refractivity contribution in [2.75, 3.05) is 6.54 Å². The van der Waals surface area contributed by atoms with E-state index in [9.17, 15) is 8.78 Å². The third-order valence-electron chi connectivity index (χ3n) is 3.09. The van der Waals surface area contributed by atoms with Gasteiger partial charge in [0.2, 0.25) is 0 Å². The van der Waals surface area contributed by atoms with Crippen LogP contribution in [-0.4, -0.2) is 6.54 Å². The van der Waals surface area contributed by atoms with Gasteiger partial charge in [0.25, 0.3) is 0 Å². The Labute approximate surface area is 112 Å². The molecule has 19 heavy (non-hydrogen) atoms. The molecule has 0 heterocycles. The van der Waals surface area contributed by atoms with E-state index < -0.39 is 11.6 Å². The molecule has 0 aliphatic carbocycles. The molecule has 2 aromatic carbocycles. The van der Waals surface area contributed by atoms with Gasteiger partial charge in [-0.3, -0.25) is 0 Å². The summed E-state index contributed by atoms with van der Waals surface area (Å²) in [6, 6.07) is 13.7. The van der Waals surface area contributed by atoms with Gasteiger partial charge < -0.3 is 5.32 Å². The third kappa shape index (κ3) is 3.61. The van der Waals surface area contributed by atoms with E-state index in [0.717, 1.165) is 18.2 Å². The summed E-state index contributed by atoms with van der Waals surface area (Å²) in [5, 5.41) is 3.33. The number of hydrogen-bond donors (Lipinski definition) is 1. The van der Waals surface area contributed by atoms with Crippen LogP contribution in [0.1, 0.15) is 24.1 Å². The normalized spacial score (nSPS) is 12.4. The third-order valence-corrected chi connectivity index (χ3v) is 3.09. The Balaban J connectivity index is 2.21. The van der Waals surface area contributed by atoms with E-state index >= 15 is 0 Å². The van der Waals surface area contributed by atoms with Gasteiger partial charge in [-0.1, -0.05) is 43.3 Å². The summed E-state index contributed by atoms with van der Waals surface area (Å²) in [7, 11) is 0. The molecular weight excluding hydrogens is 244 g/mol. The van der Waals surface area contributed by atoms with Gasteiger partial charge in [0, 0.05) is 12.1 Å². The molecule has 0 aromatic heterocycles. The topological polar surface area (TPSA) is 12.0 Å². The van der Waals surface area contributed by atoms with E-state index in [0.29, 0.717) is 12.0 Å². The minimum atomic E-state index is -0.541. The maximum Gasteiger partial charge on any atom is 0.129 e. The largest absolute Gasteiger partial charge is 0.310 e. The van der Waals surface area contributed by atoms with Gasteiger partial charge in [0.1, 0.15) is 11.6 Å². The second-order valence-electron chi connectivity index (χ2n) is 4.46. The highest BCUT2D eigenvalue weighted by molar-refractivity contribution is 5.25. The molecule has 1 nitrogen and oxygen atoms in total. The first-order valence-electron chi connectivity index (χ1n) is 6.43. The van der Waals surface area contributed by atoms with Crippen LogP contribution in [0.5, 0.6) is 0 Å². The SMILES string of the molecule is CCNC(Cc1ccc(F)cc1F)c1ccccc1. The summed E-state index contributed by atoms with van der Waals surface area (Å²) >= 11 is 0. The van der Waals surface area contributed by atoms with Crippen molar-refractivity contribution in [1.82, 2.24) is 5.32 Å². The van der Waals surface area contributed by atoms with Crippen LogP contribution in [0.2, 0.25) is 0 Å². The molecule has 0 radical (unpaired) electrons. The van der Waals surface area contributed by atoms with E-state index in [2.05, 4.69) is 5.32 Å². The summed E-state index contributed by atoms with van der Waals surface area (Å²) in [4.78, 5) is 0. The van der Waals surface area contributed by atoms with Crippen molar-refractivity contribution in [3.8, 4) is 0 Å². The minimum Gasteiger partial charge on any atom is -0.310 e. The molecule has 0 bridgehead atoms. The second kappa shape index (κ2) is 6.43. The quantitative estimate of drug-likeness (QED) is 0.861. The lowest BCUT2D eigenvalue weighted by Crippen LogP contribution is -2.23. The Kier molecular flexibility index (Phi) is 4.63. The second-order valence-corrected chi connectivity index (χ2v) is 4.46. The molecule has 1 unspecified atom stereocenters. The van der Waals surface area contributed by atoms with Crippen LogP contribution >= 0.6 is 0 Å². The molecule has 0 aliphatic rings. The Morgan fingerprint density at radius 3 is 2.42 bits per heavy atom. The van der Waals surface area contributed by atoms with E-state index in [4.69, 9.17) is 0 Å². The van der Waals surface area contributed by atoms with Gasteiger partial charge in [0.05, 0.1) is 0 Å². The van der Waals surface area contributed by atoms with Crippen LogP contribution in [0.3, 0.4) is 0 Å². The average molecular weight is 261 g/mol. The predicted octanol–water partition coefficient (Wildman–Crippen LogP) is 3.86. The van der Waals surface area contributed by atoms with E-state index in [1.165, 1.54) is 12.1 Å². The number of likely N-dealkylation sites (N-methyl/N-ethyl adjacent to an activating group) is 1. The van der Waals surface area contributed by atoms with Gasteiger partial charge >= 0.3 is 0 Å². The first kappa shape index (κ1) is 13.7. The first-order chi connectivity index (χ1) is 9.20. The standard InChI is InChI=1S/C16H17F2N/c1-2-19-16(12-6-4-3-5-7-12)10-13-8-9-14(17)11-15(13)18/h3-9,11,16,19H,2,10H2,1H3. The van der Waals surface area contributed by atoms with Crippen molar-refractivity contribution in [1.29, 1.82) is 0 Å². The lowest BCUT2D eigenvalue weighted by atomic mass is 9.98. The Morgan fingerprint density at radius 1 is 1.05 bits per heavy atom. The average Bonchev–Trinajstić information content (AvgIpc) is 2.42. The molecule has 2 rings (SSSR count). The number of nitrogens with one attached hydrogen (secondary N) is 1. The number of rotatable bonds is 5. The lowest BCUT2D eigenvalue weighted by molar-refractivity contribution is 0.521. The fourth-order valence-corrected chi connectivity index (χ4v) is 2.15. The fraction of sp³-hybridized carbons (Fsp3) is 0.250. The monoisotopic (exact) mass is 261 g/mol. The maximum atomic E-state index is 13.7. The van der Waals surface area contributed by atoms with E-state index in [1.807, 2.05) is 37.3 Å². The predicted molar refractivity (Wildman–Crippen MR) is 72.9 cm³/mol. The number of halogens is 2. The van der Waals surface area contributed by atoms with Gasteiger partial charge in [-0.2, -0.15) is 0 Å². The summed E-state index contributed by atoms with van der Waals surface area (Å²) < 4.78 is 26.6. The van der Waals surface area contributed by atoms with Gasteiger partial charge in [0.15, 0.2) is 0 Å². The van der Waals surface area contributed by atoms with Gasteiger partial charge in [-0.25, -0.2) is 8.78 Å². The molecule has 1 atom stereocenters. The minimum absolute atomic E-state index is 0.0335. The highest BCUT2D eigenvalue weighted by atomic mass is 19.1. The molecule has 3 heteroatoms. The van der Waals surface area contributed by atoms with Crippen LogP contribution in [0.15, 0.2) is 48.5 Å². The summed E-state index contributed by atoms with van der Waals surface area (Å²) in [6.45, 7) is 2.80. The van der Waals surface area contributed by atoms with Crippen LogP contribution in [0.25, 0.3) is 0 Å². The van der Waals surface area contributed by atoms with Crippen molar-refractivity contribution >= 4 is 0 Å². The van der Waals surface area contributed by atoms with Crippen LogP contribution in [0, 0.1) is 11.6 Å². The van der Waals surface area contributed by atoms with Gasteiger partial charge in [-0.15, -0.1) is 0 Å². The number of benzene rings is 2. The molecular formula is C16H17F2N. The molecule has 100 valence electrons. The summed E-state index contributed by atoms with van der Waals surface area (Å²) in [5.41, 5.74) is 1.63. The molecule has 2 aromatic rings. The Morgan fingerprint density at radius 2 is 1.79 bits per heavy atom. The first-order valence-corrected chi connectivity index (χ1v) is 6.43. The zero-order valence-electron chi connectivity index (χ0n) is 10.9. The molecule has 0 saturated heterocycles. The molecule has 0 fully saturated rings. The highest BCUT2D eigenvalue weighted by Crippen LogP contribution is 2.20. The molecule has 0 saturated carbocycles. The van der Waals surface area contributed by atoms with Crippen molar-refractivity contribution in [2.45, 2.75) is 19.4 Å². The van der Waals surface area contributed by atoms with Crippen LogP contribution < -0.4 is 5.32 Å². The van der Waals surface area contributed by atoms with Crippen molar-refractivity contribution in [2.24, 2.45) is 0 Å². The smallest absolute Gasteiger partial charge is 0.129 e. The zero-order valence-corrected chi connectivity index (χ0v) is 10.9. The van der Waals surface area contributed by atoms with Crippen molar-refractivity contribution < 1.29 is 8.78 Å². The lowest BCUT2D eigenvalue weighted by Gasteiger charge is -2.18. The summed E-state index contributed by atoms with van der Waals surface area (Å²) in [6.07, 6.45) is 0.504. The van der Waals surface area contributed by atoms with Gasteiger partial charge in [-0.05, 0) is 30.2 Å². The van der Waals surface area contributed by atoms with E-state index in [-0.39, 0.29) is 6.04 Å². The highest BCUT2D eigenvalue weighted by Gasteiger charge is 2.13. The van der Waals surface area contributed by atoms with E-state index in [1.54, 1.807) is 0 Å². The fourth-order valence-electron chi connectivity index (χ4n) is 2.15. The van der Waals surface area contributed by atoms with Crippen molar-refractivity contribution in [3.63, 3.8) is 0 Å². The summed E-state index contributed by atoms with van der Waals surface area (Å²) in [5.74, 6) is -1.03. The Hall–Kier alpha value is -1.74.